The van der Waals surface area contributed by atoms with Crippen molar-refractivity contribution in [3.63, 3.8) is 0 Å². The van der Waals surface area contributed by atoms with Crippen LogP contribution < -0.4 is 10.1 Å². The summed E-state index contributed by atoms with van der Waals surface area (Å²) in [6.07, 6.45) is -0.589. The Hall–Kier alpha value is -2.03. The average molecular weight is 287 g/mol. The van der Waals surface area contributed by atoms with Gasteiger partial charge < -0.3 is 20.1 Å². The van der Waals surface area contributed by atoms with Crippen molar-refractivity contribution in [1.82, 2.24) is 10.3 Å². The number of fused-ring (bicyclic) bond motifs is 1. The van der Waals surface area contributed by atoms with E-state index < -0.39 is 6.10 Å². The monoisotopic (exact) mass is 287 g/mol. The van der Waals surface area contributed by atoms with Crippen LogP contribution in [0.3, 0.4) is 0 Å². The van der Waals surface area contributed by atoms with Crippen molar-refractivity contribution in [2.24, 2.45) is 0 Å². The molecule has 0 aliphatic rings. The fraction of sp³-hybridized carbons (Fsp3) is 0.438. The van der Waals surface area contributed by atoms with Gasteiger partial charge in [0.1, 0.15) is 30.2 Å². The molecule has 2 rings (SSSR count). The number of ether oxygens (including phenoxy) is 1. The number of aliphatic hydroxyl groups is 1. The summed E-state index contributed by atoms with van der Waals surface area (Å²) < 4.78 is 5.68. The molecule has 21 heavy (non-hydrogen) atoms. The summed E-state index contributed by atoms with van der Waals surface area (Å²) in [5, 5.41) is 23.0. The number of aromatic nitrogens is 1. The number of rotatable bonds is 5. The predicted molar refractivity (Wildman–Crippen MR) is 82.3 cm³/mol. The van der Waals surface area contributed by atoms with Crippen LogP contribution in [0.5, 0.6) is 5.75 Å². The number of aliphatic hydroxyl groups excluding tert-OH is 1. The van der Waals surface area contributed by atoms with Gasteiger partial charge in [0.2, 0.25) is 0 Å². The van der Waals surface area contributed by atoms with Crippen LogP contribution in [-0.2, 0) is 0 Å². The second kappa shape index (κ2) is 6.17. The van der Waals surface area contributed by atoms with Gasteiger partial charge in [0.15, 0.2) is 0 Å². The highest BCUT2D eigenvalue weighted by Gasteiger charge is 2.13. The summed E-state index contributed by atoms with van der Waals surface area (Å²) in [4.78, 5) is 3.00. The molecule has 1 aromatic carbocycles. The maximum atomic E-state index is 9.95. The normalized spacial score (nSPS) is 13.1. The lowest BCUT2D eigenvalue weighted by Crippen LogP contribution is -2.42. The molecule has 0 radical (unpaired) electrons. The molecule has 1 aromatic heterocycles. The van der Waals surface area contributed by atoms with Gasteiger partial charge in [-0.25, -0.2) is 0 Å². The number of nitriles is 1. The molecule has 1 heterocycles. The van der Waals surface area contributed by atoms with Crippen LogP contribution in [0.2, 0.25) is 0 Å². The van der Waals surface area contributed by atoms with Crippen molar-refractivity contribution in [1.29, 1.82) is 5.26 Å². The molecule has 0 bridgehead atoms. The average Bonchev–Trinajstić information content (AvgIpc) is 2.85. The van der Waals surface area contributed by atoms with Gasteiger partial charge in [0, 0.05) is 17.5 Å². The van der Waals surface area contributed by atoms with Crippen LogP contribution in [0.15, 0.2) is 24.3 Å². The summed E-state index contributed by atoms with van der Waals surface area (Å²) >= 11 is 0. The van der Waals surface area contributed by atoms with Crippen LogP contribution in [0, 0.1) is 11.3 Å². The van der Waals surface area contributed by atoms with Gasteiger partial charge in [-0.2, -0.15) is 5.26 Å². The fourth-order valence-electron chi connectivity index (χ4n) is 1.98. The number of aromatic amines is 1. The summed E-state index contributed by atoms with van der Waals surface area (Å²) in [7, 11) is 0. The maximum absolute atomic E-state index is 9.95. The zero-order chi connectivity index (χ0) is 15.5. The highest BCUT2D eigenvalue weighted by molar-refractivity contribution is 5.87. The van der Waals surface area contributed by atoms with Gasteiger partial charge in [0.25, 0.3) is 0 Å². The van der Waals surface area contributed by atoms with Crippen LogP contribution in [-0.4, -0.2) is 34.9 Å². The number of nitrogens with one attached hydrogen (secondary N) is 2. The minimum absolute atomic E-state index is 0.0384. The van der Waals surface area contributed by atoms with E-state index >= 15 is 0 Å². The number of nitrogens with zero attached hydrogens (tertiary/aromatic N) is 1. The van der Waals surface area contributed by atoms with Gasteiger partial charge in [0.05, 0.1) is 5.52 Å². The predicted octanol–water partition coefficient (Wildman–Crippen LogP) is 2.17. The van der Waals surface area contributed by atoms with E-state index in [1.807, 2.05) is 39.0 Å². The minimum Gasteiger partial charge on any atom is -0.490 e. The molecule has 5 heteroatoms. The zero-order valence-corrected chi connectivity index (χ0v) is 12.6. The van der Waals surface area contributed by atoms with Crippen molar-refractivity contribution in [2.45, 2.75) is 32.4 Å². The van der Waals surface area contributed by atoms with Gasteiger partial charge >= 0.3 is 0 Å². The molecule has 112 valence electrons. The second-order valence-corrected chi connectivity index (χ2v) is 6.11. The van der Waals surface area contributed by atoms with Crippen LogP contribution in [0.25, 0.3) is 10.9 Å². The molecule has 0 saturated heterocycles. The standard InChI is InChI=1S/C16H21N3O2/c1-16(2,3)18-9-12(20)10-21-15-6-4-5-14-13(15)7-11(8-17)19-14/h4-7,12,18-20H,9-10H2,1-3H3/t12-/m1/s1. The Morgan fingerprint density at radius 3 is 2.86 bits per heavy atom. The van der Waals surface area contributed by atoms with E-state index in [0.717, 1.165) is 10.9 Å². The minimum atomic E-state index is -0.589. The smallest absolute Gasteiger partial charge is 0.128 e. The Labute approximate surface area is 124 Å². The van der Waals surface area contributed by atoms with Gasteiger partial charge in [-0.15, -0.1) is 0 Å². The number of hydrogen-bond acceptors (Lipinski definition) is 4. The van der Waals surface area contributed by atoms with Crippen molar-refractivity contribution in [3.05, 3.63) is 30.0 Å². The quantitative estimate of drug-likeness (QED) is 0.787. The third kappa shape index (κ3) is 4.22. The zero-order valence-electron chi connectivity index (χ0n) is 12.6. The van der Waals surface area contributed by atoms with E-state index in [0.29, 0.717) is 18.0 Å². The highest BCUT2D eigenvalue weighted by atomic mass is 16.5. The molecule has 0 saturated carbocycles. The van der Waals surface area contributed by atoms with E-state index in [4.69, 9.17) is 10.00 Å². The Morgan fingerprint density at radius 2 is 2.19 bits per heavy atom. The summed E-state index contributed by atoms with van der Waals surface area (Å²) in [6.45, 7) is 6.81. The van der Waals surface area contributed by atoms with E-state index in [2.05, 4.69) is 16.4 Å². The van der Waals surface area contributed by atoms with Crippen molar-refractivity contribution in [3.8, 4) is 11.8 Å². The molecule has 0 amide bonds. The Kier molecular flexibility index (Phi) is 4.51. The lowest BCUT2D eigenvalue weighted by atomic mass is 10.1. The molecule has 0 fully saturated rings. The Bertz CT molecular complexity index is 650. The molecule has 3 N–H and O–H groups in total. The second-order valence-electron chi connectivity index (χ2n) is 6.11. The molecule has 2 aromatic rings. The van der Waals surface area contributed by atoms with Gasteiger partial charge in [-0.05, 0) is 39.0 Å². The fourth-order valence-corrected chi connectivity index (χ4v) is 1.98. The summed E-state index contributed by atoms with van der Waals surface area (Å²) in [6, 6.07) is 9.41. The number of β-amino-alcohol motifs (C(OH)–C–C–N with tert-alkyl or cyclic N) is 1. The van der Waals surface area contributed by atoms with Crippen molar-refractivity contribution < 1.29 is 9.84 Å². The Balaban J connectivity index is 2.00. The Morgan fingerprint density at radius 1 is 1.43 bits per heavy atom. The number of hydrogen-bond donors (Lipinski definition) is 3. The van der Waals surface area contributed by atoms with Crippen molar-refractivity contribution in [2.75, 3.05) is 13.2 Å². The lowest BCUT2D eigenvalue weighted by molar-refractivity contribution is 0.101. The first-order valence-electron chi connectivity index (χ1n) is 6.97. The van der Waals surface area contributed by atoms with Crippen LogP contribution >= 0.6 is 0 Å². The van der Waals surface area contributed by atoms with E-state index in [-0.39, 0.29) is 12.1 Å². The largest absolute Gasteiger partial charge is 0.490 e. The van der Waals surface area contributed by atoms with Crippen molar-refractivity contribution >= 4 is 10.9 Å². The third-order valence-electron chi connectivity index (χ3n) is 3.04. The molecular weight excluding hydrogens is 266 g/mol. The molecule has 5 nitrogen and oxygen atoms in total. The molecule has 1 atom stereocenters. The van der Waals surface area contributed by atoms with Gasteiger partial charge in [-0.3, -0.25) is 0 Å². The third-order valence-corrected chi connectivity index (χ3v) is 3.04. The molecule has 0 spiro atoms. The van der Waals surface area contributed by atoms with Gasteiger partial charge in [-0.1, -0.05) is 6.07 Å². The maximum Gasteiger partial charge on any atom is 0.128 e. The van der Waals surface area contributed by atoms with Crippen LogP contribution in [0.4, 0.5) is 0 Å². The number of benzene rings is 1. The molecule has 0 aliphatic heterocycles. The van der Waals surface area contributed by atoms with E-state index in [9.17, 15) is 5.11 Å². The SMILES string of the molecule is CC(C)(C)NC[C@@H](O)COc1cccc2[nH]c(C#N)cc12. The highest BCUT2D eigenvalue weighted by Crippen LogP contribution is 2.26. The van der Waals surface area contributed by atoms with E-state index in [1.165, 1.54) is 0 Å². The molecule has 0 unspecified atom stereocenters. The first-order valence-corrected chi connectivity index (χ1v) is 6.97. The lowest BCUT2D eigenvalue weighted by Gasteiger charge is -2.23. The summed E-state index contributed by atoms with van der Waals surface area (Å²) in [5.41, 5.74) is 1.31. The van der Waals surface area contributed by atoms with E-state index in [1.54, 1.807) is 6.07 Å². The first kappa shape index (κ1) is 15.4. The van der Waals surface area contributed by atoms with Crippen LogP contribution in [0.1, 0.15) is 26.5 Å². The number of H-pyrrole nitrogens is 1. The molecule has 0 aliphatic carbocycles. The topological polar surface area (TPSA) is 81.1 Å². The first-order chi connectivity index (χ1) is 9.89. The molecular formula is C16H21N3O2. The summed E-state index contributed by atoms with van der Waals surface area (Å²) in [5.74, 6) is 0.667.